The molecule has 3 rings (SSSR count). The van der Waals surface area contributed by atoms with Crippen LogP contribution >= 0.6 is 0 Å². The van der Waals surface area contributed by atoms with E-state index in [1.54, 1.807) is 55.5 Å². The van der Waals surface area contributed by atoms with Crippen LogP contribution in [0.15, 0.2) is 65.8 Å². The summed E-state index contributed by atoms with van der Waals surface area (Å²) in [7, 11) is -3.75. The minimum atomic E-state index is -3.75. The van der Waals surface area contributed by atoms with Crippen LogP contribution in [0, 0.1) is 11.8 Å². The summed E-state index contributed by atoms with van der Waals surface area (Å²) < 4.78 is 28.9. The summed E-state index contributed by atoms with van der Waals surface area (Å²) in [5.41, 5.74) is 1.58. The third kappa shape index (κ3) is 3.74. The number of hydrogen-bond donors (Lipinski definition) is 1. The van der Waals surface area contributed by atoms with Crippen molar-refractivity contribution in [1.82, 2.24) is 9.78 Å². The Hall–Kier alpha value is -3.00. The second kappa shape index (κ2) is 6.86. The summed E-state index contributed by atoms with van der Waals surface area (Å²) in [5.74, 6) is -0.180. The van der Waals surface area contributed by atoms with Gasteiger partial charge in [-0.3, -0.25) is 4.72 Å². The molecule has 0 bridgehead atoms. The number of sulfonamides is 1. The Kier molecular flexibility index (Phi) is 4.62. The lowest BCUT2D eigenvalue weighted by Crippen LogP contribution is -2.17. The molecule has 7 nitrogen and oxygen atoms in total. The zero-order chi connectivity index (χ0) is 17.9. The van der Waals surface area contributed by atoms with Crippen LogP contribution in [0.3, 0.4) is 0 Å². The zero-order valence-corrected chi connectivity index (χ0v) is 14.3. The topological polar surface area (TPSA) is 93.4 Å². The standard InChI is InChI=1S/C17H16N4O3S/c1-13-16(19-22)17(21(18-13)15-10-6-3-7-11-15)20-25(23,24)12-14-8-4-2-5-9-14/h2-11,20H,12H2,1H3. The number of hydrogen-bond acceptors (Lipinski definition) is 5. The summed E-state index contributed by atoms with van der Waals surface area (Å²) in [6, 6.07) is 17.7. The lowest BCUT2D eigenvalue weighted by molar-refractivity contribution is 0.600. The first-order valence-corrected chi connectivity index (χ1v) is 9.18. The van der Waals surface area contributed by atoms with Crippen LogP contribution in [-0.4, -0.2) is 18.2 Å². The van der Waals surface area contributed by atoms with Crippen LogP contribution in [0.4, 0.5) is 11.5 Å². The molecule has 0 amide bonds. The predicted octanol–water partition coefficient (Wildman–Crippen LogP) is 3.52. The fraction of sp³-hybridized carbons (Fsp3) is 0.118. The van der Waals surface area contributed by atoms with Crippen LogP contribution in [0.5, 0.6) is 0 Å². The Bertz CT molecular complexity index is 983. The quantitative estimate of drug-likeness (QED) is 0.684. The van der Waals surface area contributed by atoms with Gasteiger partial charge in [-0.05, 0) is 29.8 Å². The highest BCUT2D eigenvalue weighted by atomic mass is 32.2. The van der Waals surface area contributed by atoms with Crippen molar-refractivity contribution in [2.45, 2.75) is 12.7 Å². The van der Waals surface area contributed by atoms with Gasteiger partial charge in [0.05, 0.1) is 17.1 Å². The molecule has 1 aromatic heterocycles. The molecule has 0 aliphatic carbocycles. The Morgan fingerprint density at radius 3 is 2.24 bits per heavy atom. The fourth-order valence-electron chi connectivity index (χ4n) is 2.45. The maximum Gasteiger partial charge on any atom is 0.238 e. The maximum atomic E-state index is 12.5. The molecule has 0 unspecified atom stereocenters. The molecule has 128 valence electrons. The number of nitroso groups, excluding NO2 is 1. The van der Waals surface area contributed by atoms with E-state index in [2.05, 4.69) is 15.0 Å². The van der Waals surface area contributed by atoms with Gasteiger partial charge in [-0.25, -0.2) is 13.1 Å². The minimum Gasteiger partial charge on any atom is -0.265 e. The number of anilines is 1. The van der Waals surface area contributed by atoms with Crippen molar-refractivity contribution in [2.75, 3.05) is 4.72 Å². The van der Waals surface area contributed by atoms with Crippen molar-refractivity contribution in [3.05, 3.63) is 76.8 Å². The van der Waals surface area contributed by atoms with Crippen molar-refractivity contribution in [2.24, 2.45) is 5.18 Å². The highest BCUT2D eigenvalue weighted by Gasteiger charge is 2.22. The van der Waals surface area contributed by atoms with Crippen molar-refractivity contribution >= 4 is 21.5 Å². The Labute approximate surface area is 145 Å². The molecule has 0 aliphatic rings. The van der Waals surface area contributed by atoms with Gasteiger partial charge in [0, 0.05) is 0 Å². The van der Waals surface area contributed by atoms with E-state index in [1.165, 1.54) is 4.68 Å². The molecule has 0 radical (unpaired) electrons. The van der Waals surface area contributed by atoms with Gasteiger partial charge >= 0.3 is 0 Å². The van der Waals surface area contributed by atoms with Gasteiger partial charge in [-0.2, -0.15) is 5.10 Å². The van der Waals surface area contributed by atoms with Gasteiger partial charge < -0.3 is 0 Å². The van der Waals surface area contributed by atoms with E-state index >= 15 is 0 Å². The number of benzene rings is 2. The molecule has 1 N–H and O–H groups in total. The largest absolute Gasteiger partial charge is 0.265 e. The number of aromatic nitrogens is 2. The average molecular weight is 356 g/mol. The average Bonchev–Trinajstić information content (AvgIpc) is 2.91. The van der Waals surface area contributed by atoms with E-state index < -0.39 is 10.0 Å². The molecule has 0 spiro atoms. The number of nitrogens with zero attached hydrogens (tertiary/aromatic N) is 3. The van der Waals surface area contributed by atoms with E-state index in [-0.39, 0.29) is 17.3 Å². The molecule has 0 aliphatic heterocycles. The highest BCUT2D eigenvalue weighted by Crippen LogP contribution is 2.32. The van der Waals surface area contributed by atoms with Crippen molar-refractivity contribution in [3.63, 3.8) is 0 Å². The summed E-state index contributed by atoms with van der Waals surface area (Å²) in [6.07, 6.45) is 0. The van der Waals surface area contributed by atoms with Crippen molar-refractivity contribution in [3.8, 4) is 5.69 Å². The summed E-state index contributed by atoms with van der Waals surface area (Å²) in [4.78, 5) is 11.2. The molecule has 3 aromatic rings. The number of aryl methyl sites for hydroxylation is 1. The molecule has 0 saturated heterocycles. The van der Waals surface area contributed by atoms with Gasteiger partial charge in [0.15, 0.2) is 11.5 Å². The van der Waals surface area contributed by atoms with E-state index in [1.807, 2.05) is 12.1 Å². The first kappa shape index (κ1) is 16.8. The van der Waals surface area contributed by atoms with Crippen LogP contribution in [-0.2, 0) is 15.8 Å². The normalized spacial score (nSPS) is 11.2. The first-order chi connectivity index (χ1) is 12.0. The predicted molar refractivity (Wildman–Crippen MR) is 96.4 cm³/mol. The maximum absolute atomic E-state index is 12.5. The van der Waals surface area contributed by atoms with Gasteiger partial charge in [0.1, 0.15) is 0 Å². The highest BCUT2D eigenvalue weighted by molar-refractivity contribution is 7.91. The summed E-state index contributed by atoms with van der Waals surface area (Å²) >= 11 is 0. The number of para-hydroxylation sites is 1. The summed E-state index contributed by atoms with van der Waals surface area (Å²) in [6.45, 7) is 1.60. The third-order valence-electron chi connectivity index (χ3n) is 3.57. The molecule has 0 atom stereocenters. The van der Waals surface area contributed by atoms with E-state index in [0.717, 1.165) is 0 Å². The monoisotopic (exact) mass is 356 g/mol. The van der Waals surface area contributed by atoms with Gasteiger partial charge in [0.25, 0.3) is 0 Å². The Morgan fingerprint density at radius 1 is 1.04 bits per heavy atom. The number of nitrogens with one attached hydrogen (secondary N) is 1. The molecule has 2 aromatic carbocycles. The van der Waals surface area contributed by atoms with Crippen LogP contribution < -0.4 is 4.72 Å². The molecule has 25 heavy (non-hydrogen) atoms. The lowest BCUT2D eigenvalue weighted by atomic mass is 10.2. The second-order valence-corrected chi connectivity index (χ2v) is 7.19. The van der Waals surface area contributed by atoms with Gasteiger partial charge in [-0.1, -0.05) is 48.5 Å². The first-order valence-electron chi connectivity index (χ1n) is 7.53. The van der Waals surface area contributed by atoms with Crippen LogP contribution in [0.2, 0.25) is 0 Å². The molecular weight excluding hydrogens is 340 g/mol. The molecule has 0 fully saturated rings. The van der Waals surface area contributed by atoms with E-state index in [9.17, 15) is 13.3 Å². The van der Waals surface area contributed by atoms with Crippen molar-refractivity contribution in [1.29, 1.82) is 0 Å². The second-order valence-electron chi connectivity index (χ2n) is 5.47. The Balaban J connectivity index is 2.00. The lowest BCUT2D eigenvalue weighted by Gasteiger charge is -2.11. The summed E-state index contributed by atoms with van der Waals surface area (Å²) in [5, 5.41) is 7.19. The molecule has 8 heteroatoms. The third-order valence-corrected chi connectivity index (χ3v) is 4.79. The van der Waals surface area contributed by atoms with Crippen LogP contribution in [0.1, 0.15) is 11.3 Å². The molecule has 1 heterocycles. The number of rotatable bonds is 6. The molecule has 0 saturated carbocycles. The Morgan fingerprint density at radius 2 is 1.64 bits per heavy atom. The van der Waals surface area contributed by atoms with Crippen molar-refractivity contribution < 1.29 is 8.42 Å². The molecular formula is C17H16N4O3S. The smallest absolute Gasteiger partial charge is 0.238 e. The van der Waals surface area contributed by atoms with Crippen LogP contribution in [0.25, 0.3) is 5.69 Å². The minimum absolute atomic E-state index is 0.0273. The zero-order valence-electron chi connectivity index (χ0n) is 13.5. The fourth-order valence-corrected chi connectivity index (χ4v) is 3.63. The van der Waals surface area contributed by atoms with Gasteiger partial charge in [-0.15, -0.1) is 4.91 Å². The van der Waals surface area contributed by atoms with E-state index in [4.69, 9.17) is 0 Å². The van der Waals surface area contributed by atoms with E-state index in [0.29, 0.717) is 16.9 Å². The van der Waals surface area contributed by atoms with Gasteiger partial charge in [0.2, 0.25) is 10.0 Å². The SMILES string of the molecule is Cc1nn(-c2ccccc2)c(NS(=O)(=O)Cc2ccccc2)c1N=O.